The fourth-order valence-corrected chi connectivity index (χ4v) is 5.94. The first-order chi connectivity index (χ1) is 15.2. The van der Waals surface area contributed by atoms with E-state index in [1.807, 2.05) is 44.2 Å². The van der Waals surface area contributed by atoms with Gasteiger partial charge in [-0.25, -0.2) is 0 Å². The zero-order chi connectivity index (χ0) is 22.6. The number of fused-ring (bicyclic) bond motifs is 2. The monoisotopic (exact) mass is 454 g/mol. The van der Waals surface area contributed by atoms with Crippen LogP contribution >= 0.6 is 11.8 Å². The van der Waals surface area contributed by atoms with E-state index in [0.717, 1.165) is 17.3 Å². The van der Waals surface area contributed by atoms with Crippen molar-refractivity contribution in [3.05, 3.63) is 62.2 Å². The Morgan fingerprint density at radius 2 is 1.97 bits per heavy atom. The Labute approximate surface area is 188 Å². The number of para-hydroxylation sites is 1. The number of carbonyl (C=O) groups is 1. The Hall–Kier alpha value is -2.78. The van der Waals surface area contributed by atoms with Gasteiger partial charge in [0.15, 0.2) is 0 Å². The summed E-state index contributed by atoms with van der Waals surface area (Å²) in [5, 5.41) is 6.24. The van der Waals surface area contributed by atoms with E-state index in [1.165, 1.54) is 11.8 Å². The van der Waals surface area contributed by atoms with Crippen LogP contribution in [-0.4, -0.2) is 38.2 Å². The van der Waals surface area contributed by atoms with Crippen LogP contribution in [0.3, 0.4) is 0 Å². The molecule has 3 aromatic rings. The highest BCUT2D eigenvalue weighted by Crippen LogP contribution is 2.41. The minimum atomic E-state index is -0.551. The first-order valence-electron chi connectivity index (χ1n) is 10.7. The molecule has 168 valence electrons. The molecule has 2 aliphatic rings. The fourth-order valence-electron chi connectivity index (χ4n) is 4.82. The summed E-state index contributed by atoms with van der Waals surface area (Å²) in [4.78, 5) is 39.1. The van der Waals surface area contributed by atoms with E-state index in [1.54, 1.807) is 16.3 Å². The summed E-state index contributed by atoms with van der Waals surface area (Å²) in [5.74, 6) is 0.442. The second-order valence-electron chi connectivity index (χ2n) is 9.09. The van der Waals surface area contributed by atoms with Crippen molar-refractivity contribution in [1.82, 2.24) is 14.3 Å². The lowest BCUT2D eigenvalue weighted by molar-refractivity contribution is -0.113. The highest BCUT2D eigenvalue weighted by Gasteiger charge is 2.36. The number of aromatic nitrogens is 3. The number of H-pyrrole nitrogens is 1. The molecular formula is C23H26N4O4S. The molecule has 0 spiro atoms. The molecule has 32 heavy (non-hydrogen) atoms. The molecule has 9 heteroatoms. The highest BCUT2D eigenvalue weighted by atomic mass is 32.2. The Bertz CT molecular complexity index is 1340. The van der Waals surface area contributed by atoms with Gasteiger partial charge in [-0.05, 0) is 44.2 Å². The molecule has 1 saturated heterocycles. The molecule has 1 aromatic carbocycles. The number of aryl methyl sites for hydroxylation is 1. The quantitative estimate of drug-likeness (QED) is 0.621. The van der Waals surface area contributed by atoms with Crippen molar-refractivity contribution in [1.29, 1.82) is 0 Å². The summed E-state index contributed by atoms with van der Waals surface area (Å²) in [6.07, 6.45) is 1.43. The summed E-state index contributed by atoms with van der Waals surface area (Å²) in [7, 11) is 1.74. The molecule has 5 rings (SSSR count). The molecule has 2 aliphatic heterocycles. The van der Waals surface area contributed by atoms with Crippen molar-refractivity contribution in [2.45, 2.75) is 43.6 Å². The van der Waals surface area contributed by atoms with Crippen molar-refractivity contribution in [2.75, 3.05) is 17.7 Å². The number of pyridine rings is 1. The summed E-state index contributed by atoms with van der Waals surface area (Å²) in [6.45, 7) is 4.62. The minimum absolute atomic E-state index is 0.0151. The van der Waals surface area contributed by atoms with E-state index < -0.39 is 5.25 Å². The van der Waals surface area contributed by atoms with E-state index in [2.05, 4.69) is 10.4 Å². The number of carbonyl (C=O) groups excluding carboxylic acids is 1. The lowest BCUT2D eigenvalue weighted by atomic mass is 9.94. The van der Waals surface area contributed by atoms with Crippen molar-refractivity contribution >= 4 is 34.4 Å². The second-order valence-corrected chi connectivity index (χ2v) is 10.2. The molecule has 0 bridgehead atoms. The first-order valence-corrected chi connectivity index (χ1v) is 11.8. The molecule has 4 heterocycles. The van der Waals surface area contributed by atoms with Gasteiger partial charge in [-0.3, -0.25) is 24.2 Å². The maximum Gasteiger partial charge on any atom is 0.270 e. The number of nitrogens with one attached hydrogen (secondary N) is 2. The van der Waals surface area contributed by atoms with Gasteiger partial charge in [-0.2, -0.15) is 0 Å². The average Bonchev–Trinajstić information content (AvgIpc) is 2.96. The average molecular weight is 455 g/mol. The van der Waals surface area contributed by atoms with Crippen LogP contribution in [0.5, 0.6) is 0 Å². The number of rotatable bonds is 2. The third-order valence-corrected chi connectivity index (χ3v) is 7.59. The smallest absolute Gasteiger partial charge is 0.270 e. The number of hydrogen-bond acceptors (Lipinski definition) is 5. The molecule has 1 amide bonds. The molecule has 2 unspecified atom stereocenters. The van der Waals surface area contributed by atoms with Crippen molar-refractivity contribution in [3.63, 3.8) is 0 Å². The second kappa shape index (κ2) is 7.67. The highest BCUT2D eigenvalue weighted by molar-refractivity contribution is 8.00. The molecule has 8 nitrogen and oxygen atoms in total. The molecular weight excluding hydrogens is 428 g/mol. The lowest BCUT2D eigenvalue weighted by Gasteiger charge is -2.36. The zero-order valence-electron chi connectivity index (χ0n) is 18.3. The number of benzene rings is 1. The normalized spacial score (nSPS) is 22.9. The topological polar surface area (TPSA) is 98.1 Å². The van der Waals surface area contributed by atoms with Crippen LogP contribution in [0.15, 0.2) is 39.9 Å². The Kier molecular flexibility index (Phi) is 5.05. The summed E-state index contributed by atoms with van der Waals surface area (Å²) in [5.41, 5.74) is 0.987. The number of amides is 1. The third-order valence-electron chi connectivity index (χ3n) is 6.34. The van der Waals surface area contributed by atoms with Gasteiger partial charge in [-0.1, -0.05) is 18.2 Å². The van der Waals surface area contributed by atoms with Crippen LogP contribution < -0.4 is 16.4 Å². The Morgan fingerprint density at radius 1 is 1.19 bits per heavy atom. The van der Waals surface area contributed by atoms with Crippen LogP contribution in [0.2, 0.25) is 0 Å². The maximum absolute atomic E-state index is 13.3. The fraction of sp³-hybridized carbons (Fsp3) is 0.435. The van der Waals surface area contributed by atoms with Gasteiger partial charge < -0.3 is 14.6 Å². The lowest BCUT2D eigenvalue weighted by Crippen LogP contribution is -2.36. The number of anilines is 1. The standard InChI is InChI=1S/C23H26N4O4S/c1-23(2)11-14(8-9-31-23)27-20-18(21(29)25-27)19(32-12-17(28)24-20)15-10-13-6-4-5-7-16(13)26(3)22(15)30/h4-7,10,14,19H,8-9,11-12H2,1-3H3,(H,24,28)(H,25,29). The van der Waals surface area contributed by atoms with E-state index in [9.17, 15) is 14.4 Å². The van der Waals surface area contributed by atoms with Crippen LogP contribution in [0.1, 0.15) is 49.1 Å². The van der Waals surface area contributed by atoms with E-state index >= 15 is 0 Å². The van der Waals surface area contributed by atoms with Gasteiger partial charge in [-0.15, -0.1) is 11.8 Å². The van der Waals surface area contributed by atoms with Crippen LogP contribution in [-0.2, 0) is 16.6 Å². The van der Waals surface area contributed by atoms with Crippen molar-refractivity contribution in [2.24, 2.45) is 7.05 Å². The number of thioether (sulfide) groups is 1. The minimum Gasteiger partial charge on any atom is -0.375 e. The zero-order valence-corrected chi connectivity index (χ0v) is 19.1. The summed E-state index contributed by atoms with van der Waals surface area (Å²) >= 11 is 1.31. The Balaban J connectivity index is 1.68. The van der Waals surface area contributed by atoms with Crippen LogP contribution in [0.4, 0.5) is 5.82 Å². The maximum atomic E-state index is 13.3. The third kappa shape index (κ3) is 3.49. The molecule has 2 N–H and O–H groups in total. The van der Waals surface area contributed by atoms with Gasteiger partial charge in [0.25, 0.3) is 11.1 Å². The van der Waals surface area contributed by atoms with Gasteiger partial charge >= 0.3 is 0 Å². The van der Waals surface area contributed by atoms with E-state index in [0.29, 0.717) is 30.0 Å². The van der Waals surface area contributed by atoms with E-state index in [4.69, 9.17) is 4.74 Å². The first kappa shape index (κ1) is 21.1. The van der Waals surface area contributed by atoms with Gasteiger partial charge in [0, 0.05) is 19.2 Å². The van der Waals surface area contributed by atoms with E-state index in [-0.39, 0.29) is 34.4 Å². The van der Waals surface area contributed by atoms with Crippen LogP contribution in [0, 0.1) is 0 Å². The van der Waals surface area contributed by atoms with Gasteiger partial charge in [0.05, 0.1) is 33.7 Å². The SMILES string of the molecule is Cn1c(=O)c(C2SCC(=O)Nc3c2c(=O)[nH]n3C2CCOC(C)(C)C2)cc2ccccc21. The number of aromatic amines is 1. The molecule has 0 radical (unpaired) electrons. The Morgan fingerprint density at radius 3 is 2.75 bits per heavy atom. The predicted molar refractivity (Wildman–Crippen MR) is 125 cm³/mol. The molecule has 1 fully saturated rings. The van der Waals surface area contributed by atoms with Crippen molar-refractivity contribution in [3.8, 4) is 0 Å². The summed E-state index contributed by atoms with van der Waals surface area (Å²) in [6, 6.07) is 9.49. The molecule has 0 aliphatic carbocycles. The summed E-state index contributed by atoms with van der Waals surface area (Å²) < 4.78 is 9.22. The largest absolute Gasteiger partial charge is 0.375 e. The van der Waals surface area contributed by atoms with Gasteiger partial charge in [0.2, 0.25) is 5.91 Å². The number of hydrogen-bond donors (Lipinski definition) is 2. The molecule has 0 saturated carbocycles. The number of nitrogens with zero attached hydrogens (tertiary/aromatic N) is 2. The molecule has 2 atom stereocenters. The van der Waals surface area contributed by atoms with Gasteiger partial charge in [0.1, 0.15) is 5.82 Å². The molecule has 2 aromatic heterocycles. The predicted octanol–water partition coefficient (Wildman–Crippen LogP) is 2.93. The van der Waals surface area contributed by atoms with Crippen LogP contribution in [0.25, 0.3) is 10.9 Å². The van der Waals surface area contributed by atoms with Crippen molar-refractivity contribution < 1.29 is 9.53 Å². The number of ether oxygens (including phenoxy) is 1.